The van der Waals surface area contributed by atoms with E-state index in [0.717, 1.165) is 0 Å². The number of aliphatic hydroxyl groups is 3. The molecule has 92 valence electrons. The van der Waals surface area contributed by atoms with Gasteiger partial charge in [0.25, 0.3) is 0 Å². The van der Waals surface area contributed by atoms with Gasteiger partial charge in [-0.15, -0.1) is 0 Å². The Labute approximate surface area is 142 Å². The molecule has 0 spiro atoms. The zero-order valence-corrected chi connectivity index (χ0v) is 14.5. The number of ether oxygens (including phenoxy) is 1. The molecule has 0 unspecified atom stereocenters. The van der Waals surface area contributed by atoms with Gasteiger partial charge in [-0.2, -0.15) is 0 Å². The molecular weight excluding hydrogens is 277 g/mol. The quantitative estimate of drug-likeness (QED) is 0.271. The Balaban J connectivity index is 0. The van der Waals surface area contributed by atoms with Crippen LogP contribution in [-0.2, 0) is 13.8 Å². The molecular formula is C6H13Na2O8P. The van der Waals surface area contributed by atoms with E-state index in [4.69, 9.17) is 19.6 Å². The largest absolute Gasteiger partial charge is 0.469 e. The minimum atomic E-state index is -4.63. The van der Waals surface area contributed by atoms with E-state index in [2.05, 4.69) is 4.52 Å². The maximum atomic E-state index is 10.3. The summed E-state index contributed by atoms with van der Waals surface area (Å²) in [7, 11) is -4.63. The third-order valence-corrected chi connectivity index (χ3v) is 2.50. The molecule has 2 radical (unpaired) electrons. The Morgan fingerprint density at radius 1 is 1.18 bits per heavy atom. The number of phosphoric acid groups is 1. The Morgan fingerprint density at radius 2 is 1.71 bits per heavy atom. The molecule has 0 bridgehead atoms. The first-order valence-corrected chi connectivity index (χ1v) is 5.70. The molecule has 5 N–H and O–H groups in total. The van der Waals surface area contributed by atoms with E-state index < -0.39 is 38.8 Å². The summed E-state index contributed by atoms with van der Waals surface area (Å²) in [6.45, 7) is -0.789. The molecule has 0 aromatic carbocycles. The van der Waals surface area contributed by atoms with E-state index in [1.54, 1.807) is 0 Å². The molecule has 4 atom stereocenters. The molecule has 0 amide bonds. The third-order valence-electron chi connectivity index (χ3n) is 2.01. The van der Waals surface area contributed by atoms with E-state index in [1.807, 2.05) is 0 Å². The van der Waals surface area contributed by atoms with Gasteiger partial charge in [-0.25, -0.2) is 4.57 Å². The normalized spacial score (nSPS) is 33.5. The zero-order chi connectivity index (χ0) is 11.6. The van der Waals surface area contributed by atoms with Gasteiger partial charge in [0.2, 0.25) is 0 Å². The predicted octanol–water partition coefficient (Wildman–Crippen LogP) is -3.18. The van der Waals surface area contributed by atoms with Crippen molar-refractivity contribution in [2.24, 2.45) is 0 Å². The van der Waals surface area contributed by atoms with Crippen molar-refractivity contribution in [3.63, 3.8) is 0 Å². The Bertz CT molecular complexity index is 260. The van der Waals surface area contributed by atoms with E-state index >= 15 is 0 Å². The van der Waals surface area contributed by atoms with Gasteiger partial charge in [-0.3, -0.25) is 4.52 Å². The summed E-state index contributed by atoms with van der Waals surface area (Å²) in [6.07, 6.45) is -5.15. The molecule has 11 heteroatoms. The standard InChI is InChI=1S/C6H13O8P.2Na/c7-3-1-13-4(6(9)5(3)8)2-14-15(10,11)12;;/h3-9H,1-2H2,(H2,10,11,12);;/t3-,4+,5+,6+;;/m0../s1. The molecule has 1 saturated heterocycles. The van der Waals surface area contributed by atoms with Crippen molar-refractivity contribution in [3.05, 3.63) is 0 Å². The average molecular weight is 290 g/mol. The van der Waals surface area contributed by atoms with E-state index in [9.17, 15) is 14.8 Å². The first kappa shape index (κ1) is 21.3. The van der Waals surface area contributed by atoms with Crippen LogP contribution < -0.4 is 0 Å². The van der Waals surface area contributed by atoms with Crippen LogP contribution in [0.2, 0.25) is 0 Å². The molecule has 0 aliphatic carbocycles. The summed E-state index contributed by atoms with van der Waals surface area (Å²) in [4.78, 5) is 16.8. The van der Waals surface area contributed by atoms with Crippen LogP contribution in [0.5, 0.6) is 0 Å². The van der Waals surface area contributed by atoms with Crippen molar-refractivity contribution in [3.8, 4) is 0 Å². The van der Waals surface area contributed by atoms with Crippen molar-refractivity contribution in [1.29, 1.82) is 0 Å². The molecule has 0 aromatic rings. The SMILES string of the molecule is O=P(O)(O)OC[C@H]1OC[C@H](O)[C@@H](O)[C@@H]1O.[Na].[Na]. The molecule has 0 aromatic heterocycles. The summed E-state index contributed by atoms with van der Waals surface area (Å²) in [5.74, 6) is 0. The van der Waals surface area contributed by atoms with Gasteiger partial charge in [-0.1, -0.05) is 0 Å². The van der Waals surface area contributed by atoms with Gasteiger partial charge < -0.3 is 29.8 Å². The smallest absolute Gasteiger partial charge is 0.388 e. The second kappa shape index (κ2) is 8.99. The summed E-state index contributed by atoms with van der Waals surface area (Å²) >= 11 is 0. The fourth-order valence-corrected chi connectivity index (χ4v) is 1.53. The van der Waals surface area contributed by atoms with Crippen molar-refractivity contribution in [1.82, 2.24) is 0 Å². The topological polar surface area (TPSA) is 137 Å². The maximum Gasteiger partial charge on any atom is 0.469 e. The van der Waals surface area contributed by atoms with Crippen LogP contribution in [0.4, 0.5) is 0 Å². The molecule has 1 heterocycles. The van der Waals surface area contributed by atoms with Crippen LogP contribution in [0.1, 0.15) is 0 Å². The first-order chi connectivity index (χ1) is 6.81. The monoisotopic (exact) mass is 290 g/mol. The van der Waals surface area contributed by atoms with Crippen molar-refractivity contribution in [2.45, 2.75) is 24.4 Å². The van der Waals surface area contributed by atoms with Gasteiger partial charge in [-0.05, 0) is 0 Å². The number of hydrogen-bond donors (Lipinski definition) is 5. The Morgan fingerprint density at radius 3 is 2.18 bits per heavy atom. The fraction of sp³-hybridized carbons (Fsp3) is 1.00. The van der Waals surface area contributed by atoms with Crippen molar-refractivity contribution in [2.75, 3.05) is 13.2 Å². The number of aliphatic hydroxyl groups excluding tert-OH is 3. The molecule has 1 fully saturated rings. The van der Waals surface area contributed by atoms with Gasteiger partial charge in [0.05, 0.1) is 13.2 Å². The number of hydrogen-bond acceptors (Lipinski definition) is 6. The Hall–Kier alpha value is 1.95. The van der Waals surface area contributed by atoms with E-state index in [-0.39, 0.29) is 65.7 Å². The van der Waals surface area contributed by atoms with Crippen LogP contribution >= 0.6 is 7.82 Å². The summed E-state index contributed by atoms with van der Waals surface area (Å²) < 4.78 is 19.3. The minimum absolute atomic E-state index is 0. The fourth-order valence-electron chi connectivity index (χ4n) is 1.18. The third kappa shape index (κ3) is 7.34. The van der Waals surface area contributed by atoms with Gasteiger partial charge in [0, 0.05) is 59.1 Å². The predicted molar refractivity (Wildman–Crippen MR) is 57.3 cm³/mol. The minimum Gasteiger partial charge on any atom is -0.388 e. The van der Waals surface area contributed by atoms with Crippen LogP contribution in [0.25, 0.3) is 0 Å². The second-order valence-electron chi connectivity index (χ2n) is 3.21. The summed E-state index contributed by atoms with van der Waals surface area (Å²) in [6, 6.07) is 0. The van der Waals surface area contributed by atoms with Crippen molar-refractivity contribution < 1.29 is 38.9 Å². The number of phosphoric ester groups is 1. The first-order valence-electron chi connectivity index (χ1n) is 4.17. The molecule has 1 aliphatic heterocycles. The maximum absolute atomic E-state index is 10.3. The van der Waals surface area contributed by atoms with Crippen LogP contribution in [0, 0.1) is 0 Å². The summed E-state index contributed by atoms with van der Waals surface area (Å²) in [5.41, 5.74) is 0. The zero-order valence-electron chi connectivity index (χ0n) is 9.63. The average Bonchev–Trinajstić information content (AvgIpc) is 2.12. The van der Waals surface area contributed by atoms with Crippen LogP contribution in [-0.4, -0.2) is 122 Å². The second-order valence-corrected chi connectivity index (χ2v) is 4.45. The van der Waals surface area contributed by atoms with Gasteiger partial charge in [0.1, 0.15) is 24.4 Å². The molecule has 0 saturated carbocycles. The van der Waals surface area contributed by atoms with Crippen molar-refractivity contribution >= 4 is 66.9 Å². The van der Waals surface area contributed by atoms with E-state index in [1.165, 1.54) is 0 Å². The number of rotatable bonds is 3. The van der Waals surface area contributed by atoms with Gasteiger partial charge >= 0.3 is 7.82 Å². The molecule has 1 aliphatic rings. The van der Waals surface area contributed by atoms with Gasteiger partial charge in [0.15, 0.2) is 0 Å². The van der Waals surface area contributed by atoms with Crippen LogP contribution in [0.3, 0.4) is 0 Å². The van der Waals surface area contributed by atoms with Crippen LogP contribution in [0.15, 0.2) is 0 Å². The van der Waals surface area contributed by atoms with E-state index in [0.29, 0.717) is 0 Å². The molecule has 1 rings (SSSR count). The summed E-state index contributed by atoms with van der Waals surface area (Å²) in [5, 5.41) is 27.6. The Kier molecular flexibility index (Phi) is 11.2. The molecule has 17 heavy (non-hydrogen) atoms. The molecule has 8 nitrogen and oxygen atoms in total.